The Balaban J connectivity index is 2.05. The van der Waals surface area contributed by atoms with Gasteiger partial charge in [-0.25, -0.2) is 0 Å². The first kappa shape index (κ1) is 12.2. The van der Waals surface area contributed by atoms with Gasteiger partial charge in [0, 0.05) is 4.47 Å². The fraction of sp³-hybridized carbons (Fsp3) is 0.200. The molecule has 0 radical (unpaired) electrons. The van der Waals surface area contributed by atoms with Crippen LogP contribution in [-0.4, -0.2) is 0 Å². The highest BCUT2D eigenvalue weighted by Gasteiger charge is 1.99. The lowest BCUT2D eigenvalue weighted by Crippen LogP contribution is -1.96. The van der Waals surface area contributed by atoms with Gasteiger partial charge in [-0.2, -0.15) is 0 Å². The van der Waals surface area contributed by atoms with Crippen LogP contribution >= 0.6 is 15.9 Å². The predicted molar refractivity (Wildman–Crippen MR) is 74.4 cm³/mol. The molecule has 88 valence electrons. The SMILES string of the molecule is Cc1cccc(OCc2ccc(Br)c(C)c2)c1. The van der Waals surface area contributed by atoms with Gasteiger partial charge in [-0.1, -0.05) is 40.2 Å². The van der Waals surface area contributed by atoms with Crippen LogP contribution in [0.5, 0.6) is 5.75 Å². The summed E-state index contributed by atoms with van der Waals surface area (Å²) in [5.74, 6) is 0.922. The number of rotatable bonds is 3. The molecule has 17 heavy (non-hydrogen) atoms. The summed E-state index contributed by atoms with van der Waals surface area (Å²) in [6.07, 6.45) is 0. The highest BCUT2D eigenvalue weighted by molar-refractivity contribution is 9.10. The van der Waals surface area contributed by atoms with E-state index in [9.17, 15) is 0 Å². The van der Waals surface area contributed by atoms with Gasteiger partial charge in [0.15, 0.2) is 0 Å². The van der Waals surface area contributed by atoms with Gasteiger partial charge in [-0.05, 0) is 48.7 Å². The van der Waals surface area contributed by atoms with Crippen LogP contribution < -0.4 is 4.74 Å². The maximum Gasteiger partial charge on any atom is 0.120 e. The third-order valence-corrected chi connectivity index (χ3v) is 3.51. The normalized spacial score (nSPS) is 10.3. The molecular formula is C15H15BrO. The molecule has 2 aromatic rings. The first-order valence-corrected chi connectivity index (χ1v) is 6.39. The van der Waals surface area contributed by atoms with Crippen molar-refractivity contribution >= 4 is 15.9 Å². The molecule has 0 aliphatic carbocycles. The average molecular weight is 291 g/mol. The van der Waals surface area contributed by atoms with Crippen LogP contribution in [0.4, 0.5) is 0 Å². The number of hydrogen-bond acceptors (Lipinski definition) is 1. The van der Waals surface area contributed by atoms with E-state index in [1.807, 2.05) is 18.2 Å². The van der Waals surface area contributed by atoms with Gasteiger partial charge in [0.2, 0.25) is 0 Å². The molecule has 2 heteroatoms. The first-order valence-electron chi connectivity index (χ1n) is 5.59. The molecule has 0 heterocycles. The standard InChI is InChI=1S/C15H15BrO/c1-11-4-3-5-14(8-11)17-10-13-6-7-15(16)12(2)9-13/h3-9H,10H2,1-2H3. The Morgan fingerprint density at radius 2 is 1.88 bits per heavy atom. The molecule has 0 unspecified atom stereocenters. The van der Waals surface area contributed by atoms with Crippen molar-refractivity contribution in [3.05, 3.63) is 63.6 Å². The van der Waals surface area contributed by atoms with Crippen LogP contribution in [0.1, 0.15) is 16.7 Å². The molecule has 0 aliphatic heterocycles. The minimum Gasteiger partial charge on any atom is -0.489 e. The van der Waals surface area contributed by atoms with E-state index >= 15 is 0 Å². The number of halogens is 1. The summed E-state index contributed by atoms with van der Waals surface area (Å²) in [5.41, 5.74) is 3.64. The zero-order chi connectivity index (χ0) is 12.3. The molecule has 0 bridgehead atoms. The molecular weight excluding hydrogens is 276 g/mol. The van der Waals surface area contributed by atoms with Crippen LogP contribution in [0.3, 0.4) is 0 Å². The van der Waals surface area contributed by atoms with E-state index in [4.69, 9.17) is 4.74 Å². The number of benzene rings is 2. The van der Waals surface area contributed by atoms with E-state index < -0.39 is 0 Å². The molecule has 0 fully saturated rings. The molecule has 0 amide bonds. The first-order chi connectivity index (χ1) is 8.15. The Hall–Kier alpha value is -1.28. The minimum atomic E-state index is 0.609. The Labute approximate surface area is 111 Å². The maximum atomic E-state index is 5.75. The molecule has 0 saturated heterocycles. The molecule has 0 aromatic heterocycles. The lowest BCUT2D eigenvalue weighted by atomic mass is 10.1. The van der Waals surface area contributed by atoms with Crippen molar-refractivity contribution in [1.82, 2.24) is 0 Å². The third-order valence-electron chi connectivity index (χ3n) is 2.62. The molecule has 0 N–H and O–H groups in total. The lowest BCUT2D eigenvalue weighted by molar-refractivity contribution is 0.306. The largest absolute Gasteiger partial charge is 0.489 e. The van der Waals surface area contributed by atoms with E-state index in [-0.39, 0.29) is 0 Å². The molecule has 2 rings (SSSR count). The molecule has 1 nitrogen and oxygen atoms in total. The smallest absolute Gasteiger partial charge is 0.120 e. The van der Waals surface area contributed by atoms with E-state index in [0.717, 1.165) is 10.2 Å². The Morgan fingerprint density at radius 3 is 2.59 bits per heavy atom. The van der Waals surface area contributed by atoms with Gasteiger partial charge in [0.1, 0.15) is 12.4 Å². The number of aryl methyl sites for hydroxylation is 2. The van der Waals surface area contributed by atoms with Crippen molar-refractivity contribution < 1.29 is 4.74 Å². The van der Waals surface area contributed by atoms with Crippen molar-refractivity contribution in [1.29, 1.82) is 0 Å². The van der Waals surface area contributed by atoms with Gasteiger partial charge in [0.05, 0.1) is 0 Å². The Morgan fingerprint density at radius 1 is 1.06 bits per heavy atom. The summed E-state index contributed by atoms with van der Waals surface area (Å²) in [4.78, 5) is 0. The van der Waals surface area contributed by atoms with Crippen LogP contribution in [0.25, 0.3) is 0 Å². The molecule has 0 saturated carbocycles. The molecule has 0 aliphatic rings. The highest BCUT2D eigenvalue weighted by Crippen LogP contribution is 2.19. The van der Waals surface area contributed by atoms with Gasteiger partial charge in [-0.3, -0.25) is 0 Å². The fourth-order valence-corrected chi connectivity index (χ4v) is 1.91. The van der Waals surface area contributed by atoms with E-state index in [2.05, 4.69) is 54.0 Å². The molecule has 0 atom stereocenters. The monoisotopic (exact) mass is 290 g/mol. The Kier molecular flexibility index (Phi) is 3.85. The summed E-state index contributed by atoms with van der Waals surface area (Å²) in [5, 5.41) is 0. The topological polar surface area (TPSA) is 9.23 Å². The lowest BCUT2D eigenvalue weighted by Gasteiger charge is -2.08. The summed E-state index contributed by atoms with van der Waals surface area (Å²) in [7, 11) is 0. The van der Waals surface area contributed by atoms with Crippen LogP contribution in [0, 0.1) is 13.8 Å². The maximum absolute atomic E-state index is 5.75. The second-order valence-electron chi connectivity index (χ2n) is 4.19. The zero-order valence-electron chi connectivity index (χ0n) is 10.0. The fourth-order valence-electron chi connectivity index (χ4n) is 1.67. The summed E-state index contributed by atoms with van der Waals surface area (Å²) in [6, 6.07) is 14.4. The minimum absolute atomic E-state index is 0.609. The van der Waals surface area contributed by atoms with Crippen molar-refractivity contribution in [2.45, 2.75) is 20.5 Å². The van der Waals surface area contributed by atoms with Crippen molar-refractivity contribution in [3.63, 3.8) is 0 Å². The van der Waals surface area contributed by atoms with Crippen molar-refractivity contribution in [3.8, 4) is 5.75 Å². The Bertz CT molecular complexity index is 520. The summed E-state index contributed by atoms with van der Waals surface area (Å²) < 4.78 is 6.89. The van der Waals surface area contributed by atoms with Crippen molar-refractivity contribution in [2.24, 2.45) is 0 Å². The predicted octanol–water partition coefficient (Wildman–Crippen LogP) is 4.64. The summed E-state index contributed by atoms with van der Waals surface area (Å²) >= 11 is 3.49. The second kappa shape index (κ2) is 5.37. The number of hydrogen-bond donors (Lipinski definition) is 0. The third kappa shape index (κ3) is 3.34. The number of ether oxygens (including phenoxy) is 1. The van der Waals surface area contributed by atoms with E-state index in [1.165, 1.54) is 16.7 Å². The van der Waals surface area contributed by atoms with Gasteiger partial charge < -0.3 is 4.74 Å². The van der Waals surface area contributed by atoms with Crippen LogP contribution in [0.15, 0.2) is 46.9 Å². The van der Waals surface area contributed by atoms with Crippen LogP contribution in [-0.2, 0) is 6.61 Å². The van der Waals surface area contributed by atoms with Gasteiger partial charge >= 0.3 is 0 Å². The molecule has 0 spiro atoms. The van der Waals surface area contributed by atoms with Gasteiger partial charge in [-0.15, -0.1) is 0 Å². The molecule has 2 aromatic carbocycles. The van der Waals surface area contributed by atoms with E-state index in [0.29, 0.717) is 6.61 Å². The van der Waals surface area contributed by atoms with E-state index in [1.54, 1.807) is 0 Å². The van der Waals surface area contributed by atoms with Crippen LogP contribution in [0.2, 0.25) is 0 Å². The van der Waals surface area contributed by atoms with Crippen molar-refractivity contribution in [2.75, 3.05) is 0 Å². The highest BCUT2D eigenvalue weighted by atomic mass is 79.9. The zero-order valence-corrected chi connectivity index (χ0v) is 11.6. The quantitative estimate of drug-likeness (QED) is 0.800. The average Bonchev–Trinajstić information content (AvgIpc) is 2.31. The summed E-state index contributed by atoms with van der Waals surface area (Å²) in [6.45, 7) is 4.76. The second-order valence-corrected chi connectivity index (χ2v) is 5.04. The van der Waals surface area contributed by atoms with Gasteiger partial charge in [0.25, 0.3) is 0 Å².